The summed E-state index contributed by atoms with van der Waals surface area (Å²) in [4.78, 5) is 49.1. The molecule has 196 valence electrons. The van der Waals surface area contributed by atoms with Gasteiger partial charge in [0.1, 0.15) is 17.0 Å². The number of ether oxygens (including phenoxy) is 1. The molecule has 1 fully saturated rings. The molecule has 1 aliphatic rings. The second-order valence-corrected chi connectivity index (χ2v) is 8.86. The highest BCUT2D eigenvalue weighted by Crippen LogP contribution is 2.22. The third-order valence-electron chi connectivity index (χ3n) is 6.67. The Morgan fingerprint density at radius 1 is 1.19 bits per heavy atom. The summed E-state index contributed by atoms with van der Waals surface area (Å²) in [6.45, 7) is 8.07. The van der Waals surface area contributed by atoms with Crippen LogP contribution in [0, 0.1) is 0 Å². The molecule has 0 bridgehead atoms. The molecule has 3 aromatic rings. The quantitative estimate of drug-likeness (QED) is 0.406. The molecular formula is C26H33N7O4. The van der Waals surface area contributed by atoms with E-state index in [9.17, 15) is 14.4 Å². The van der Waals surface area contributed by atoms with E-state index in [0.29, 0.717) is 42.1 Å². The Kier molecular flexibility index (Phi) is 8.14. The number of likely N-dealkylation sites (N-methyl/N-ethyl adjacent to an activating group) is 1. The zero-order valence-corrected chi connectivity index (χ0v) is 21.4. The Balaban J connectivity index is 1.51. The van der Waals surface area contributed by atoms with E-state index in [1.54, 1.807) is 29.0 Å². The predicted octanol–water partition coefficient (Wildman–Crippen LogP) is 0.800. The Morgan fingerprint density at radius 3 is 2.68 bits per heavy atom. The maximum Gasteiger partial charge on any atom is 0.258 e. The number of hydrogen-bond acceptors (Lipinski definition) is 8. The highest BCUT2D eigenvalue weighted by atomic mass is 16.5. The molecule has 1 aliphatic heterocycles. The molecule has 2 amide bonds. The summed E-state index contributed by atoms with van der Waals surface area (Å²) in [5.41, 5.74) is 7.99. The van der Waals surface area contributed by atoms with Crippen LogP contribution in [-0.2, 0) is 22.5 Å². The van der Waals surface area contributed by atoms with Crippen molar-refractivity contribution in [1.29, 1.82) is 0 Å². The average molecular weight is 508 g/mol. The van der Waals surface area contributed by atoms with E-state index in [0.717, 1.165) is 25.3 Å². The Morgan fingerprint density at radius 2 is 2.00 bits per heavy atom. The van der Waals surface area contributed by atoms with Crippen molar-refractivity contribution < 1.29 is 14.3 Å². The zero-order valence-electron chi connectivity index (χ0n) is 21.4. The molecule has 11 heteroatoms. The third-order valence-corrected chi connectivity index (χ3v) is 6.67. The summed E-state index contributed by atoms with van der Waals surface area (Å²) in [7, 11) is 1.45. The zero-order chi connectivity index (χ0) is 26.5. The van der Waals surface area contributed by atoms with Gasteiger partial charge in [-0.15, -0.1) is 0 Å². The van der Waals surface area contributed by atoms with Crippen molar-refractivity contribution in [2.75, 3.05) is 45.6 Å². The number of amides is 2. The van der Waals surface area contributed by atoms with Crippen LogP contribution in [0.1, 0.15) is 29.9 Å². The fourth-order valence-electron chi connectivity index (χ4n) is 4.59. The van der Waals surface area contributed by atoms with Crippen molar-refractivity contribution in [2.24, 2.45) is 0 Å². The number of morpholine rings is 1. The predicted molar refractivity (Wildman–Crippen MR) is 141 cm³/mol. The first-order valence-corrected chi connectivity index (χ1v) is 12.5. The number of aromatic nitrogens is 3. The van der Waals surface area contributed by atoms with Crippen LogP contribution < -0.4 is 21.8 Å². The number of carbonyl (C=O) groups excluding carboxylic acids is 2. The lowest BCUT2D eigenvalue weighted by molar-refractivity contribution is -0.121. The topological polar surface area (TPSA) is 144 Å². The van der Waals surface area contributed by atoms with Gasteiger partial charge in [-0.3, -0.25) is 24.3 Å². The minimum Gasteiger partial charge on any atom is -0.384 e. The molecule has 0 aliphatic carbocycles. The van der Waals surface area contributed by atoms with Crippen LogP contribution in [0.5, 0.6) is 0 Å². The first-order valence-electron chi connectivity index (χ1n) is 12.5. The van der Waals surface area contributed by atoms with E-state index in [4.69, 9.17) is 10.5 Å². The number of rotatable bonds is 8. The van der Waals surface area contributed by atoms with Gasteiger partial charge in [-0.05, 0) is 37.7 Å². The summed E-state index contributed by atoms with van der Waals surface area (Å²) in [5, 5.41) is 5.76. The normalized spacial score (nSPS) is 16.0. The maximum absolute atomic E-state index is 12.9. The largest absolute Gasteiger partial charge is 0.384 e. The van der Waals surface area contributed by atoms with E-state index >= 15 is 0 Å². The molecule has 1 saturated heterocycles. The van der Waals surface area contributed by atoms with Gasteiger partial charge in [-0.1, -0.05) is 6.92 Å². The van der Waals surface area contributed by atoms with Gasteiger partial charge in [0.2, 0.25) is 11.3 Å². The number of hydrogen-bond donors (Lipinski definition) is 3. The number of nitrogens with one attached hydrogen (secondary N) is 2. The number of nitrogen functional groups attached to an aromatic ring is 1. The van der Waals surface area contributed by atoms with Crippen molar-refractivity contribution in [3.8, 4) is 11.3 Å². The molecular weight excluding hydrogens is 474 g/mol. The third kappa shape index (κ3) is 5.47. The van der Waals surface area contributed by atoms with Crippen molar-refractivity contribution in [1.82, 2.24) is 30.1 Å². The number of nitrogens with two attached hydrogens (primary N) is 1. The SMILES string of the molecule is CCN1CCOCC1CNC(=O)Cc1ccc(-c2ccc3c(=O)c(C(=O)NC)c(N)n(CC)c3n2)cn1. The molecule has 37 heavy (non-hydrogen) atoms. The van der Waals surface area contributed by atoms with E-state index in [-0.39, 0.29) is 29.8 Å². The molecule has 0 radical (unpaired) electrons. The monoisotopic (exact) mass is 507 g/mol. The van der Waals surface area contributed by atoms with Crippen LogP contribution in [0.25, 0.3) is 22.3 Å². The van der Waals surface area contributed by atoms with E-state index in [2.05, 4.69) is 32.4 Å². The average Bonchev–Trinajstić information content (AvgIpc) is 2.92. The minimum atomic E-state index is -0.533. The molecule has 4 rings (SSSR count). The Bertz CT molecular complexity index is 1350. The smallest absolute Gasteiger partial charge is 0.258 e. The van der Waals surface area contributed by atoms with Crippen LogP contribution in [-0.4, -0.2) is 77.2 Å². The standard InChI is InChI=1S/C26H33N7O4/c1-4-32-10-11-37-15-18(32)14-30-21(34)12-17-7-6-16(13-29-17)20-9-8-19-23(35)22(26(36)28-3)24(27)33(5-2)25(19)31-20/h6-9,13,18H,4-5,10-12,14-15,27H2,1-3H3,(H,28,36)(H,30,34). The summed E-state index contributed by atoms with van der Waals surface area (Å²) in [6, 6.07) is 7.17. The first kappa shape index (κ1) is 26.2. The molecule has 0 aromatic carbocycles. The first-order chi connectivity index (χ1) is 17.9. The molecule has 11 nitrogen and oxygen atoms in total. The highest BCUT2D eigenvalue weighted by molar-refractivity contribution is 6.01. The number of anilines is 1. The molecule has 1 unspecified atom stereocenters. The van der Waals surface area contributed by atoms with E-state index in [1.807, 2.05) is 13.0 Å². The van der Waals surface area contributed by atoms with Crippen molar-refractivity contribution >= 4 is 28.7 Å². The lowest BCUT2D eigenvalue weighted by atomic mass is 10.1. The highest BCUT2D eigenvalue weighted by Gasteiger charge is 2.22. The van der Waals surface area contributed by atoms with Gasteiger partial charge in [0.15, 0.2) is 0 Å². The lowest BCUT2D eigenvalue weighted by Gasteiger charge is -2.34. The molecule has 0 spiro atoms. The fourth-order valence-corrected chi connectivity index (χ4v) is 4.59. The second kappa shape index (κ2) is 11.5. The fraction of sp³-hybridized carbons (Fsp3) is 0.423. The number of pyridine rings is 3. The molecule has 1 atom stereocenters. The summed E-state index contributed by atoms with van der Waals surface area (Å²) < 4.78 is 7.19. The van der Waals surface area contributed by atoms with Crippen molar-refractivity contribution in [2.45, 2.75) is 32.9 Å². The van der Waals surface area contributed by atoms with E-state index < -0.39 is 11.3 Å². The van der Waals surface area contributed by atoms with Gasteiger partial charge in [0.05, 0.1) is 36.8 Å². The summed E-state index contributed by atoms with van der Waals surface area (Å²) in [6.07, 6.45) is 1.82. The van der Waals surface area contributed by atoms with Gasteiger partial charge in [0, 0.05) is 44.1 Å². The molecule has 4 N–H and O–H groups in total. The number of nitrogens with zero attached hydrogens (tertiary/aromatic N) is 4. The minimum absolute atomic E-state index is 0.0744. The van der Waals surface area contributed by atoms with Gasteiger partial charge in [-0.25, -0.2) is 4.98 Å². The van der Waals surface area contributed by atoms with Crippen LogP contribution in [0.2, 0.25) is 0 Å². The van der Waals surface area contributed by atoms with Crippen LogP contribution in [0.15, 0.2) is 35.3 Å². The molecule has 4 heterocycles. The van der Waals surface area contributed by atoms with Crippen LogP contribution in [0.4, 0.5) is 5.82 Å². The summed E-state index contributed by atoms with van der Waals surface area (Å²) in [5.74, 6) is -0.556. The number of aryl methyl sites for hydroxylation is 1. The second-order valence-electron chi connectivity index (χ2n) is 8.86. The lowest BCUT2D eigenvalue weighted by Crippen LogP contribution is -2.51. The van der Waals surface area contributed by atoms with Gasteiger partial charge in [-0.2, -0.15) is 0 Å². The van der Waals surface area contributed by atoms with Crippen LogP contribution in [0.3, 0.4) is 0 Å². The van der Waals surface area contributed by atoms with Gasteiger partial charge >= 0.3 is 0 Å². The van der Waals surface area contributed by atoms with Gasteiger partial charge in [0.25, 0.3) is 5.91 Å². The molecule has 3 aromatic heterocycles. The van der Waals surface area contributed by atoms with Crippen LogP contribution >= 0.6 is 0 Å². The molecule has 0 saturated carbocycles. The summed E-state index contributed by atoms with van der Waals surface area (Å²) >= 11 is 0. The number of fused-ring (bicyclic) bond motifs is 1. The van der Waals surface area contributed by atoms with E-state index in [1.165, 1.54) is 7.05 Å². The number of carbonyl (C=O) groups is 2. The Hall–Kier alpha value is -3.83. The Labute approximate surface area is 215 Å². The van der Waals surface area contributed by atoms with Crippen molar-refractivity contribution in [3.05, 3.63) is 51.9 Å². The maximum atomic E-state index is 12.9. The van der Waals surface area contributed by atoms with Crippen molar-refractivity contribution in [3.63, 3.8) is 0 Å². The van der Waals surface area contributed by atoms with Gasteiger partial charge < -0.3 is 25.7 Å².